The molecule has 3 rings (SSSR count). The number of hydrogen-bond donors (Lipinski definition) is 1. The number of benzene rings is 2. The molecular weight excluding hydrogens is 248 g/mol. The molecule has 3 heteroatoms. The zero-order valence-electron chi connectivity index (χ0n) is 11.3. The molecule has 0 aliphatic heterocycles. The molecule has 0 saturated carbocycles. The summed E-state index contributed by atoms with van der Waals surface area (Å²) in [4.78, 5) is 0. The number of hydrogen-bond acceptors (Lipinski definition) is 3. The number of nitrogens with two attached hydrogens (primary N) is 1. The molecule has 1 heterocycles. The van der Waals surface area contributed by atoms with Gasteiger partial charge < -0.3 is 10.3 Å². The Labute approximate surface area is 118 Å². The van der Waals surface area contributed by atoms with E-state index in [4.69, 9.17) is 10.3 Å². The van der Waals surface area contributed by atoms with Gasteiger partial charge in [-0.3, -0.25) is 0 Å². The molecule has 3 aromatic rings. The summed E-state index contributed by atoms with van der Waals surface area (Å²) >= 11 is 0. The highest BCUT2D eigenvalue weighted by molar-refractivity contribution is 5.74. The molecule has 0 atom stereocenters. The van der Waals surface area contributed by atoms with Crippen LogP contribution in [0.4, 0.5) is 5.82 Å². The summed E-state index contributed by atoms with van der Waals surface area (Å²) in [6.07, 6.45) is 0.989. The van der Waals surface area contributed by atoms with E-state index in [1.807, 2.05) is 24.3 Å². The lowest BCUT2D eigenvalue weighted by Gasteiger charge is -2.09. The van der Waals surface area contributed by atoms with Gasteiger partial charge >= 0.3 is 0 Å². The van der Waals surface area contributed by atoms with E-state index in [9.17, 15) is 0 Å². The molecule has 2 N–H and O–H groups in total. The van der Waals surface area contributed by atoms with Gasteiger partial charge in [0, 0.05) is 11.6 Å². The van der Waals surface area contributed by atoms with Gasteiger partial charge in [0.15, 0.2) is 11.6 Å². The first-order valence-corrected chi connectivity index (χ1v) is 6.69. The molecule has 1 aromatic heterocycles. The minimum absolute atomic E-state index is 0.404. The molecule has 0 radical (unpaired) electrons. The minimum atomic E-state index is 0.404. The van der Waals surface area contributed by atoms with Gasteiger partial charge in [0.05, 0.1) is 0 Å². The molecule has 0 spiro atoms. The standard InChI is InChI=1S/C17H16N2O/c1-2-12-8-9-14(16-11-17(18)19-20-16)10-15(12)13-6-4-3-5-7-13/h3-11H,2H2,1H3,(H2,18,19). The Hall–Kier alpha value is -2.55. The summed E-state index contributed by atoms with van der Waals surface area (Å²) < 4.78 is 5.24. The number of nitrogen functional groups attached to an aromatic ring is 1. The lowest BCUT2D eigenvalue weighted by atomic mass is 9.95. The Bertz CT molecular complexity index is 717. The van der Waals surface area contributed by atoms with Crippen LogP contribution in [0.1, 0.15) is 12.5 Å². The second-order valence-corrected chi connectivity index (χ2v) is 4.71. The van der Waals surface area contributed by atoms with Gasteiger partial charge in [0.1, 0.15) is 0 Å². The number of rotatable bonds is 3. The third kappa shape index (κ3) is 2.30. The van der Waals surface area contributed by atoms with Crippen molar-refractivity contribution in [1.29, 1.82) is 0 Å². The molecule has 20 heavy (non-hydrogen) atoms. The molecule has 0 amide bonds. The van der Waals surface area contributed by atoms with Gasteiger partial charge in [-0.2, -0.15) is 0 Å². The quantitative estimate of drug-likeness (QED) is 0.773. The Morgan fingerprint density at radius 2 is 1.80 bits per heavy atom. The minimum Gasteiger partial charge on any atom is -0.381 e. The monoisotopic (exact) mass is 264 g/mol. The summed E-state index contributed by atoms with van der Waals surface area (Å²) in [5.74, 6) is 1.10. The van der Waals surface area contributed by atoms with Crippen molar-refractivity contribution in [1.82, 2.24) is 5.16 Å². The van der Waals surface area contributed by atoms with Crippen molar-refractivity contribution in [2.75, 3.05) is 5.73 Å². The maximum Gasteiger partial charge on any atom is 0.169 e. The number of nitrogens with zero attached hydrogens (tertiary/aromatic N) is 1. The van der Waals surface area contributed by atoms with Gasteiger partial charge in [0.2, 0.25) is 0 Å². The lowest BCUT2D eigenvalue weighted by Crippen LogP contribution is -1.89. The van der Waals surface area contributed by atoms with Crippen molar-refractivity contribution in [3.8, 4) is 22.5 Å². The highest BCUT2D eigenvalue weighted by Crippen LogP contribution is 2.30. The van der Waals surface area contributed by atoms with E-state index in [0.717, 1.165) is 12.0 Å². The molecule has 0 saturated heterocycles. The Kier molecular flexibility index (Phi) is 3.25. The molecule has 2 aromatic carbocycles. The van der Waals surface area contributed by atoms with E-state index < -0.39 is 0 Å². The van der Waals surface area contributed by atoms with Crippen LogP contribution in [-0.2, 0) is 6.42 Å². The van der Waals surface area contributed by atoms with Gasteiger partial charge in [0.25, 0.3) is 0 Å². The predicted octanol–water partition coefficient (Wildman–Crippen LogP) is 4.15. The van der Waals surface area contributed by atoms with Gasteiger partial charge in [-0.05, 0) is 29.2 Å². The second kappa shape index (κ2) is 5.21. The molecule has 0 fully saturated rings. The van der Waals surface area contributed by atoms with Crippen molar-refractivity contribution in [2.24, 2.45) is 0 Å². The normalized spacial score (nSPS) is 10.7. The van der Waals surface area contributed by atoms with Crippen LogP contribution in [0, 0.1) is 0 Å². The van der Waals surface area contributed by atoms with Crippen LogP contribution < -0.4 is 5.73 Å². The molecule has 0 unspecified atom stereocenters. The van der Waals surface area contributed by atoms with E-state index in [2.05, 4.69) is 36.3 Å². The summed E-state index contributed by atoms with van der Waals surface area (Å²) in [5, 5.41) is 3.74. The van der Waals surface area contributed by atoms with Crippen molar-refractivity contribution in [3.63, 3.8) is 0 Å². The van der Waals surface area contributed by atoms with E-state index >= 15 is 0 Å². The van der Waals surface area contributed by atoms with E-state index in [-0.39, 0.29) is 0 Å². The molecule has 100 valence electrons. The molecule has 0 aliphatic carbocycles. The summed E-state index contributed by atoms with van der Waals surface area (Å²) in [7, 11) is 0. The fourth-order valence-corrected chi connectivity index (χ4v) is 2.35. The highest BCUT2D eigenvalue weighted by atomic mass is 16.5. The van der Waals surface area contributed by atoms with Crippen LogP contribution in [0.3, 0.4) is 0 Å². The Morgan fingerprint density at radius 3 is 2.45 bits per heavy atom. The SMILES string of the molecule is CCc1ccc(-c2cc(N)no2)cc1-c1ccccc1. The second-order valence-electron chi connectivity index (χ2n) is 4.71. The zero-order chi connectivity index (χ0) is 13.9. The maximum atomic E-state index is 5.62. The fraction of sp³-hybridized carbons (Fsp3) is 0.118. The highest BCUT2D eigenvalue weighted by Gasteiger charge is 2.09. The van der Waals surface area contributed by atoms with Gasteiger partial charge in [-0.15, -0.1) is 0 Å². The van der Waals surface area contributed by atoms with Crippen LogP contribution in [0.5, 0.6) is 0 Å². The molecule has 0 bridgehead atoms. The fourth-order valence-electron chi connectivity index (χ4n) is 2.35. The van der Waals surface area contributed by atoms with Gasteiger partial charge in [-0.1, -0.05) is 54.5 Å². The largest absolute Gasteiger partial charge is 0.381 e. The van der Waals surface area contributed by atoms with Crippen LogP contribution >= 0.6 is 0 Å². The average Bonchev–Trinajstić information content (AvgIpc) is 2.94. The van der Waals surface area contributed by atoms with E-state index in [1.165, 1.54) is 16.7 Å². The van der Waals surface area contributed by atoms with Crippen molar-refractivity contribution >= 4 is 5.82 Å². The van der Waals surface area contributed by atoms with Gasteiger partial charge in [-0.25, -0.2) is 0 Å². The molecule has 3 nitrogen and oxygen atoms in total. The average molecular weight is 264 g/mol. The van der Waals surface area contributed by atoms with E-state index in [0.29, 0.717) is 11.6 Å². The summed E-state index contributed by atoms with van der Waals surface area (Å²) in [5.41, 5.74) is 10.3. The van der Waals surface area contributed by atoms with Crippen molar-refractivity contribution < 1.29 is 4.52 Å². The number of anilines is 1. The van der Waals surface area contributed by atoms with Crippen molar-refractivity contribution in [2.45, 2.75) is 13.3 Å². The molecular formula is C17H16N2O. The topological polar surface area (TPSA) is 52.0 Å². The summed E-state index contributed by atoms with van der Waals surface area (Å²) in [6, 6.07) is 18.4. The van der Waals surface area contributed by atoms with Crippen LogP contribution in [0.25, 0.3) is 22.5 Å². The van der Waals surface area contributed by atoms with Crippen molar-refractivity contribution in [3.05, 3.63) is 60.2 Å². The third-order valence-corrected chi connectivity index (χ3v) is 3.39. The number of aryl methyl sites for hydroxylation is 1. The van der Waals surface area contributed by atoms with Crippen LogP contribution in [-0.4, -0.2) is 5.16 Å². The first-order valence-electron chi connectivity index (χ1n) is 6.69. The van der Waals surface area contributed by atoms with E-state index in [1.54, 1.807) is 6.07 Å². The summed E-state index contributed by atoms with van der Waals surface area (Å²) in [6.45, 7) is 2.16. The van der Waals surface area contributed by atoms with Crippen LogP contribution in [0.15, 0.2) is 59.1 Å². The predicted molar refractivity (Wildman–Crippen MR) is 81.2 cm³/mol. The molecule has 0 aliphatic rings. The lowest BCUT2D eigenvalue weighted by molar-refractivity contribution is 0.436. The third-order valence-electron chi connectivity index (χ3n) is 3.39. The van der Waals surface area contributed by atoms with Crippen LogP contribution in [0.2, 0.25) is 0 Å². The number of aromatic nitrogens is 1. The zero-order valence-corrected chi connectivity index (χ0v) is 11.3. The first kappa shape index (κ1) is 12.5. The maximum absolute atomic E-state index is 5.62. The Balaban J connectivity index is 2.12. The smallest absolute Gasteiger partial charge is 0.169 e. The first-order chi connectivity index (χ1) is 9.78. The Morgan fingerprint density at radius 1 is 1.00 bits per heavy atom.